The lowest BCUT2D eigenvalue weighted by molar-refractivity contribution is -0.131. The van der Waals surface area contributed by atoms with Crippen LogP contribution in [0.15, 0.2) is 24.3 Å². The molecule has 106 valence electrons. The number of carbonyl (C=O) groups is 3. The van der Waals surface area contributed by atoms with Gasteiger partial charge in [-0.3, -0.25) is 9.59 Å². The average Bonchev–Trinajstić information content (AvgIpc) is 2.85. The van der Waals surface area contributed by atoms with E-state index < -0.39 is 12.0 Å². The number of nitrogens with zero attached hydrogens (tertiary/aromatic N) is 1. The smallest absolute Gasteiger partial charge is 0.335 e. The molecular formula is C13H14N2O4S. The van der Waals surface area contributed by atoms with Crippen molar-refractivity contribution in [2.75, 3.05) is 12.8 Å². The molecule has 1 fully saturated rings. The predicted molar refractivity (Wildman–Crippen MR) is 74.7 cm³/mol. The highest BCUT2D eigenvalue weighted by molar-refractivity contribution is 8.14. The van der Waals surface area contributed by atoms with Crippen LogP contribution in [0.5, 0.6) is 0 Å². The van der Waals surface area contributed by atoms with Crippen LogP contribution in [-0.4, -0.2) is 46.0 Å². The van der Waals surface area contributed by atoms with Gasteiger partial charge < -0.3 is 15.3 Å². The second-order valence-electron chi connectivity index (χ2n) is 4.49. The number of nitrogens with one attached hydrogen (secondary N) is 1. The molecule has 2 rings (SSSR count). The summed E-state index contributed by atoms with van der Waals surface area (Å²) >= 11 is 1.10. The van der Waals surface area contributed by atoms with Crippen LogP contribution in [0.4, 0.5) is 4.79 Å². The number of thioether (sulfide) groups is 1. The molecular weight excluding hydrogens is 280 g/mol. The van der Waals surface area contributed by atoms with Crippen molar-refractivity contribution in [2.24, 2.45) is 0 Å². The van der Waals surface area contributed by atoms with E-state index in [0.717, 1.165) is 17.3 Å². The van der Waals surface area contributed by atoms with Crippen molar-refractivity contribution in [1.29, 1.82) is 0 Å². The second-order valence-corrected chi connectivity index (χ2v) is 5.48. The third kappa shape index (κ3) is 3.30. The Morgan fingerprint density at radius 3 is 2.55 bits per heavy atom. The first-order chi connectivity index (χ1) is 9.47. The van der Waals surface area contributed by atoms with Crippen molar-refractivity contribution >= 4 is 28.9 Å². The summed E-state index contributed by atoms with van der Waals surface area (Å²) in [5.41, 5.74) is 1.05. The van der Waals surface area contributed by atoms with Crippen LogP contribution in [0.1, 0.15) is 15.9 Å². The van der Waals surface area contributed by atoms with Gasteiger partial charge in [0, 0.05) is 19.3 Å². The molecule has 1 atom stereocenters. The Bertz CT molecular complexity index is 544. The van der Waals surface area contributed by atoms with E-state index in [1.807, 2.05) is 0 Å². The molecule has 1 aromatic carbocycles. The van der Waals surface area contributed by atoms with Gasteiger partial charge in [-0.05, 0) is 17.7 Å². The molecule has 0 radical (unpaired) electrons. The first kappa shape index (κ1) is 14.4. The minimum absolute atomic E-state index is 0.148. The summed E-state index contributed by atoms with van der Waals surface area (Å²) in [4.78, 5) is 35.4. The Kier molecular flexibility index (Phi) is 4.29. The second kappa shape index (κ2) is 5.96. The Hall–Kier alpha value is -2.02. The molecule has 1 heterocycles. The number of carbonyl (C=O) groups excluding carboxylic acids is 2. The van der Waals surface area contributed by atoms with Gasteiger partial charge in [0.05, 0.1) is 5.56 Å². The standard InChI is InChI=1S/C13H14N2O4S/c1-15(11(16)10-7-20-13(19)14-10)6-8-2-4-9(5-3-8)12(17)18/h2-5,10H,6-7H2,1H3,(H,14,19)(H,17,18). The van der Waals surface area contributed by atoms with Gasteiger partial charge in [0.1, 0.15) is 6.04 Å². The number of hydrogen-bond donors (Lipinski definition) is 2. The van der Waals surface area contributed by atoms with Crippen LogP contribution >= 0.6 is 11.8 Å². The Morgan fingerprint density at radius 2 is 2.05 bits per heavy atom. The molecule has 1 aromatic rings. The molecule has 0 saturated carbocycles. The highest BCUT2D eigenvalue weighted by Crippen LogP contribution is 2.15. The van der Waals surface area contributed by atoms with E-state index in [1.165, 1.54) is 17.0 Å². The quantitative estimate of drug-likeness (QED) is 0.870. The molecule has 1 saturated heterocycles. The van der Waals surface area contributed by atoms with E-state index in [9.17, 15) is 14.4 Å². The number of carboxylic acid groups (broad SMARTS) is 1. The summed E-state index contributed by atoms with van der Waals surface area (Å²) in [6.45, 7) is 0.371. The van der Waals surface area contributed by atoms with E-state index in [4.69, 9.17) is 5.11 Å². The maximum absolute atomic E-state index is 12.1. The molecule has 1 unspecified atom stereocenters. The molecule has 1 aliphatic heterocycles. The van der Waals surface area contributed by atoms with Crippen molar-refractivity contribution < 1.29 is 19.5 Å². The number of hydrogen-bond acceptors (Lipinski definition) is 4. The summed E-state index contributed by atoms with van der Waals surface area (Å²) < 4.78 is 0. The fourth-order valence-electron chi connectivity index (χ4n) is 1.89. The van der Waals surface area contributed by atoms with Crippen LogP contribution in [0.3, 0.4) is 0 Å². The van der Waals surface area contributed by atoms with Gasteiger partial charge in [0.25, 0.3) is 5.24 Å². The normalized spacial score (nSPS) is 17.6. The van der Waals surface area contributed by atoms with Crippen LogP contribution in [0.2, 0.25) is 0 Å². The van der Waals surface area contributed by atoms with Crippen molar-refractivity contribution in [3.05, 3.63) is 35.4 Å². The van der Waals surface area contributed by atoms with E-state index in [2.05, 4.69) is 5.32 Å². The minimum Gasteiger partial charge on any atom is -0.478 e. The van der Waals surface area contributed by atoms with Crippen molar-refractivity contribution in [3.63, 3.8) is 0 Å². The minimum atomic E-state index is -0.980. The zero-order chi connectivity index (χ0) is 14.7. The Balaban J connectivity index is 1.96. The van der Waals surface area contributed by atoms with Crippen LogP contribution in [0.25, 0.3) is 0 Å². The number of aromatic carboxylic acids is 1. The topological polar surface area (TPSA) is 86.7 Å². The Labute approximate surface area is 120 Å². The molecule has 2 N–H and O–H groups in total. The summed E-state index contributed by atoms with van der Waals surface area (Å²) in [5, 5.41) is 11.2. The summed E-state index contributed by atoms with van der Waals surface area (Å²) in [6, 6.07) is 5.88. The number of likely N-dealkylation sites (N-methyl/N-ethyl adjacent to an activating group) is 1. The molecule has 7 heteroatoms. The zero-order valence-corrected chi connectivity index (χ0v) is 11.6. The fourth-order valence-corrected chi connectivity index (χ4v) is 2.66. The third-order valence-electron chi connectivity index (χ3n) is 2.97. The number of rotatable bonds is 4. The monoisotopic (exact) mass is 294 g/mol. The lowest BCUT2D eigenvalue weighted by Gasteiger charge is -2.20. The summed E-state index contributed by atoms with van der Waals surface area (Å²) in [6.07, 6.45) is 0. The van der Waals surface area contributed by atoms with Gasteiger partial charge in [-0.15, -0.1) is 0 Å². The lowest BCUT2D eigenvalue weighted by atomic mass is 10.1. The van der Waals surface area contributed by atoms with Crippen molar-refractivity contribution in [1.82, 2.24) is 10.2 Å². The largest absolute Gasteiger partial charge is 0.478 e. The molecule has 20 heavy (non-hydrogen) atoms. The zero-order valence-electron chi connectivity index (χ0n) is 10.8. The molecule has 0 aliphatic carbocycles. The predicted octanol–water partition coefficient (Wildman–Crippen LogP) is 1.17. The lowest BCUT2D eigenvalue weighted by Crippen LogP contribution is -2.43. The van der Waals surface area contributed by atoms with Gasteiger partial charge >= 0.3 is 5.97 Å². The number of carboxylic acids is 1. The molecule has 0 aromatic heterocycles. The average molecular weight is 294 g/mol. The van der Waals surface area contributed by atoms with Gasteiger partial charge in [0.2, 0.25) is 5.91 Å². The fraction of sp³-hybridized carbons (Fsp3) is 0.308. The maximum Gasteiger partial charge on any atom is 0.335 e. The molecule has 0 bridgehead atoms. The van der Waals surface area contributed by atoms with Gasteiger partial charge in [-0.1, -0.05) is 23.9 Å². The van der Waals surface area contributed by atoms with E-state index in [-0.39, 0.29) is 16.7 Å². The molecule has 1 aliphatic rings. The highest BCUT2D eigenvalue weighted by atomic mass is 32.2. The maximum atomic E-state index is 12.1. The van der Waals surface area contributed by atoms with Crippen LogP contribution in [0, 0.1) is 0 Å². The first-order valence-corrected chi connectivity index (χ1v) is 6.96. The van der Waals surface area contributed by atoms with Crippen molar-refractivity contribution in [2.45, 2.75) is 12.6 Å². The van der Waals surface area contributed by atoms with Crippen molar-refractivity contribution in [3.8, 4) is 0 Å². The van der Waals surface area contributed by atoms with E-state index in [0.29, 0.717) is 12.3 Å². The number of amides is 2. The number of benzene rings is 1. The van der Waals surface area contributed by atoms with E-state index in [1.54, 1.807) is 19.2 Å². The third-order valence-corrected chi connectivity index (χ3v) is 3.85. The Morgan fingerprint density at radius 1 is 1.40 bits per heavy atom. The van der Waals surface area contributed by atoms with E-state index >= 15 is 0 Å². The first-order valence-electron chi connectivity index (χ1n) is 5.98. The molecule has 6 nitrogen and oxygen atoms in total. The van der Waals surface area contributed by atoms with Crippen LogP contribution in [-0.2, 0) is 11.3 Å². The van der Waals surface area contributed by atoms with Gasteiger partial charge in [-0.2, -0.15) is 0 Å². The van der Waals surface area contributed by atoms with Gasteiger partial charge in [-0.25, -0.2) is 4.79 Å². The van der Waals surface area contributed by atoms with Gasteiger partial charge in [0.15, 0.2) is 0 Å². The summed E-state index contributed by atoms with van der Waals surface area (Å²) in [5.74, 6) is -0.683. The summed E-state index contributed by atoms with van der Waals surface area (Å²) in [7, 11) is 1.66. The van der Waals surface area contributed by atoms with Crippen LogP contribution < -0.4 is 5.32 Å². The molecule has 0 spiro atoms. The SMILES string of the molecule is CN(Cc1ccc(C(=O)O)cc1)C(=O)C1CSC(=O)N1. The molecule has 2 amide bonds. The highest BCUT2D eigenvalue weighted by Gasteiger charge is 2.30.